The molecule has 130 valence electrons. The van der Waals surface area contributed by atoms with E-state index in [1.807, 2.05) is 32.0 Å². The Morgan fingerprint density at radius 1 is 1.24 bits per heavy atom. The summed E-state index contributed by atoms with van der Waals surface area (Å²) < 4.78 is 0. The molecule has 0 saturated heterocycles. The zero-order valence-corrected chi connectivity index (χ0v) is 14.2. The van der Waals surface area contributed by atoms with Gasteiger partial charge in [-0.1, -0.05) is 12.1 Å². The Morgan fingerprint density at radius 2 is 2.04 bits per heavy atom. The number of H-pyrrole nitrogens is 1. The van der Waals surface area contributed by atoms with Gasteiger partial charge in [0.2, 0.25) is 5.91 Å². The molecule has 0 radical (unpaired) electrons. The highest BCUT2D eigenvalue weighted by molar-refractivity contribution is 6.39. The molecule has 3 rings (SSSR count). The van der Waals surface area contributed by atoms with Crippen LogP contribution in [-0.4, -0.2) is 29.1 Å². The van der Waals surface area contributed by atoms with E-state index < -0.39 is 0 Å². The first-order valence-corrected chi connectivity index (χ1v) is 8.21. The molecule has 0 saturated carbocycles. The van der Waals surface area contributed by atoms with Crippen LogP contribution in [0.3, 0.4) is 0 Å². The molecule has 1 aliphatic heterocycles. The summed E-state index contributed by atoms with van der Waals surface area (Å²) in [5, 5.41) is 7.46. The lowest BCUT2D eigenvalue weighted by molar-refractivity contribution is -0.121. The lowest BCUT2D eigenvalue weighted by Crippen LogP contribution is -2.38. The fourth-order valence-electron chi connectivity index (χ4n) is 2.81. The topological polar surface area (TPSA) is 103 Å². The monoisotopic (exact) mass is 340 g/mol. The molecule has 7 nitrogen and oxygen atoms in total. The van der Waals surface area contributed by atoms with Gasteiger partial charge < -0.3 is 10.3 Å². The predicted molar refractivity (Wildman–Crippen MR) is 95.6 cm³/mol. The van der Waals surface area contributed by atoms with Crippen molar-refractivity contribution in [3.05, 3.63) is 45.2 Å². The van der Waals surface area contributed by atoms with Crippen molar-refractivity contribution in [2.75, 3.05) is 6.54 Å². The van der Waals surface area contributed by atoms with Crippen molar-refractivity contribution < 1.29 is 9.59 Å². The van der Waals surface area contributed by atoms with E-state index in [1.54, 1.807) is 0 Å². The van der Waals surface area contributed by atoms with Gasteiger partial charge in [-0.05, 0) is 42.8 Å². The lowest BCUT2D eigenvalue weighted by Gasteiger charge is -2.12. The van der Waals surface area contributed by atoms with Crippen LogP contribution in [-0.2, 0) is 16.0 Å². The molecule has 0 aliphatic carbocycles. The molecule has 0 fully saturated rings. The minimum atomic E-state index is -0.316. The quantitative estimate of drug-likeness (QED) is 0.775. The Morgan fingerprint density at radius 3 is 2.76 bits per heavy atom. The summed E-state index contributed by atoms with van der Waals surface area (Å²) in [5.41, 5.74) is 6.12. The van der Waals surface area contributed by atoms with Gasteiger partial charge in [-0.15, -0.1) is 0 Å². The third-order valence-electron chi connectivity index (χ3n) is 4.47. The fraction of sp³-hybridized carbons (Fsp3) is 0.333. The molecule has 0 bridgehead atoms. The Hall–Kier alpha value is -2.96. The summed E-state index contributed by atoms with van der Waals surface area (Å²) in [4.78, 5) is 38.2. The highest BCUT2D eigenvalue weighted by atomic mass is 16.2. The van der Waals surface area contributed by atoms with Crippen molar-refractivity contribution in [2.45, 2.75) is 33.1 Å². The van der Waals surface area contributed by atoms with Gasteiger partial charge in [-0.2, -0.15) is 5.10 Å². The standard InChI is InChI=1S/C18H20N4O3/c1-10-3-4-12-9-13(17(24)20-16(12)11(10)2)7-8-19-18(25)14-5-6-15(23)22-21-14/h3-4,9H,5-8H2,1-2H3,(H,19,25)(H,20,24)(H,22,23). The smallest absolute Gasteiger partial charge is 0.267 e. The van der Waals surface area contributed by atoms with E-state index in [-0.39, 0.29) is 23.8 Å². The second kappa shape index (κ2) is 6.88. The maximum atomic E-state index is 12.3. The number of aromatic amines is 1. The summed E-state index contributed by atoms with van der Waals surface area (Å²) in [6.45, 7) is 4.31. The second-order valence-corrected chi connectivity index (χ2v) is 6.19. The maximum absolute atomic E-state index is 12.3. The van der Waals surface area contributed by atoms with E-state index in [0.717, 1.165) is 22.0 Å². The molecule has 1 aromatic heterocycles. The van der Waals surface area contributed by atoms with Crippen molar-refractivity contribution in [2.24, 2.45) is 5.10 Å². The summed E-state index contributed by atoms with van der Waals surface area (Å²) in [7, 11) is 0. The Bertz CT molecular complexity index is 943. The molecule has 25 heavy (non-hydrogen) atoms. The number of carbonyl (C=O) groups is 2. The number of carbonyl (C=O) groups excluding carboxylic acids is 2. The number of nitrogens with zero attached hydrogens (tertiary/aromatic N) is 1. The van der Waals surface area contributed by atoms with Crippen LogP contribution in [0.25, 0.3) is 10.9 Å². The van der Waals surface area contributed by atoms with Crippen LogP contribution in [0.15, 0.2) is 28.1 Å². The van der Waals surface area contributed by atoms with Crippen LogP contribution in [0.4, 0.5) is 0 Å². The molecular weight excluding hydrogens is 320 g/mol. The molecule has 0 unspecified atom stereocenters. The van der Waals surface area contributed by atoms with E-state index >= 15 is 0 Å². The Kier molecular flexibility index (Phi) is 4.65. The third-order valence-corrected chi connectivity index (χ3v) is 4.47. The number of rotatable bonds is 4. The van der Waals surface area contributed by atoms with Gasteiger partial charge in [-0.25, -0.2) is 5.43 Å². The number of nitrogens with one attached hydrogen (secondary N) is 3. The number of fused-ring (bicyclic) bond motifs is 1. The molecular formula is C18H20N4O3. The van der Waals surface area contributed by atoms with Crippen LogP contribution in [0, 0.1) is 13.8 Å². The molecule has 2 aromatic rings. The molecule has 0 spiro atoms. The van der Waals surface area contributed by atoms with Crippen molar-refractivity contribution in [1.82, 2.24) is 15.7 Å². The number of hydrogen-bond acceptors (Lipinski definition) is 4. The summed E-state index contributed by atoms with van der Waals surface area (Å²) in [6, 6.07) is 5.87. The van der Waals surface area contributed by atoms with Gasteiger partial charge in [0.1, 0.15) is 5.71 Å². The van der Waals surface area contributed by atoms with Crippen molar-refractivity contribution in [3.8, 4) is 0 Å². The van der Waals surface area contributed by atoms with Gasteiger partial charge >= 0.3 is 0 Å². The molecule has 0 atom stereocenters. The van der Waals surface area contributed by atoms with Crippen LogP contribution in [0.2, 0.25) is 0 Å². The van der Waals surface area contributed by atoms with Gasteiger partial charge in [0, 0.05) is 24.9 Å². The molecule has 1 aromatic carbocycles. The van der Waals surface area contributed by atoms with Crippen LogP contribution in [0.5, 0.6) is 0 Å². The molecule has 2 amide bonds. The first-order valence-electron chi connectivity index (χ1n) is 8.21. The number of hydrogen-bond donors (Lipinski definition) is 3. The minimum Gasteiger partial charge on any atom is -0.351 e. The van der Waals surface area contributed by atoms with Gasteiger partial charge in [-0.3, -0.25) is 14.4 Å². The van der Waals surface area contributed by atoms with Gasteiger partial charge in [0.25, 0.3) is 11.5 Å². The highest BCUT2D eigenvalue weighted by Crippen LogP contribution is 2.18. The third kappa shape index (κ3) is 3.60. The summed E-state index contributed by atoms with van der Waals surface area (Å²) in [5.74, 6) is -0.506. The average molecular weight is 340 g/mol. The highest BCUT2D eigenvalue weighted by Gasteiger charge is 2.17. The largest absolute Gasteiger partial charge is 0.351 e. The number of pyridine rings is 1. The van der Waals surface area contributed by atoms with E-state index in [9.17, 15) is 14.4 Å². The van der Waals surface area contributed by atoms with Crippen LogP contribution < -0.4 is 16.3 Å². The van der Waals surface area contributed by atoms with E-state index in [2.05, 4.69) is 20.8 Å². The Labute approximate surface area is 144 Å². The second-order valence-electron chi connectivity index (χ2n) is 6.19. The summed E-state index contributed by atoms with van der Waals surface area (Å²) >= 11 is 0. The predicted octanol–water partition coefficient (Wildman–Crippen LogP) is 1.07. The zero-order valence-electron chi connectivity index (χ0n) is 14.2. The first-order chi connectivity index (χ1) is 12.0. The fourth-order valence-corrected chi connectivity index (χ4v) is 2.81. The van der Waals surface area contributed by atoms with Gasteiger partial charge in [0.05, 0.1) is 5.52 Å². The SMILES string of the molecule is Cc1ccc2cc(CCNC(=O)C3=NNC(=O)CC3)c(=O)[nH]c2c1C. The minimum absolute atomic E-state index is 0.141. The van der Waals surface area contributed by atoms with E-state index in [0.29, 0.717) is 30.7 Å². The van der Waals surface area contributed by atoms with E-state index in [4.69, 9.17) is 0 Å². The molecule has 3 N–H and O–H groups in total. The number of amides is 2. The van der Waals surface area contributed by atoms with Crippen molar-refractivity contribution >= 4 is 28.4 Å². The van der Waals surface area contributed by atoms with Crippen molar-refractivity contribution in [1.29, 1.82) is 0 Å². The zero-order chi connectivity index (χ0) is 18.0. The number of aryl methyl sites for hydroxylation is 2. The number of aromatic nitrogens is 1. The molecule has 1 aliphatic rings. The normalized spacial score (nSPS) is 14.2. The van der Waals surface area contributed by atoms with Crippen LogP contribution >= 0.6 is 0 Å². The summed E-state index contributed by atoms with van der Waals surface area (Å²) in [6.07, 6.45) is 1.01. The van der Waals surface area contributed by atoms with E-state index in [1.165, 1.54) is 0 Å². The Balaban J connectivity index is 1.68. The number of benzene rings is 1. The lowest BCUT2D eigenvalue weighted by atomic mass is 10.0. The van der Waals surface area contributed by atoms with Crippen LogP contribution in [0.1, 0.15) is 29.5 Å². The first kappa shape index (κ1) is 16.9. The van der Waals surface area contributed by atoms with Crippen molar-refractivity contribution in [3.63, 3.8) is 0 Å². The number of hydrazone groups is 1. The molecule has 7 heteroatoms. The molecule has 2 heterocycles. The van der Waals surface area contributed by atoms with Gasteiger partial charge in [0.15, 0.2) is 0 Å². The average Bonchev–Trinajstić information content (AvgIpc) is 2.60. The maximum Gasteiger partial charge on any atom is 0.267 e.